The van der Waals surface area contributed by atoms with Gasteiger partial charge in [-0.2, -0.15) is 0 Å². The van der Waals surface area contributed by atoms with E-state index < -0.39 is 17.9 Å². The Hall–Kier alpha value is -2.44. The highest BCUT2D eigenvalue weighted by atomic mass is 16.5. The maximum atomic E-state index is 11.5. The van der Waals surface area contributed by atoms with Crippen LogP contribution < -0.4 is 19.5 Å². The van der Waals surface area contributed by atoms with Crippen molar-refractivity contribution in [3.8, 4) is 17.2 Å². The zero-order valence-electron chi connectivity index (χ0n) is 12.0. The lowest BCUT2D eigenvalue weighted by Crippen LogP contribution is -2.36. The van der Waals surface area contributed by atoms with Crippen LogP contribution in [0, 0.1) is 0 Å². The van der Waals surface area contributed by atoms with E-state index in [1.54, 1.807) is 12.1 Å². The third kappa shape index (κ3) is 2.58. The second-order valence-corrected chi connectivity index (χ2v) is 4.62. The lowest BCUT2D eigenvalue weighted by Gasteiger charge is -2.21. The number of hydrogen-bond donors (Lipinski definition) is 2. The largest absolute Gasteiger partial charge is 0.493 e. The number of carbonyl (C=O) groups is 2. The molecule has 1 fully saturated rings. The molecule has 0 radical (unpaired) electrons. The number of aliphatic carboxylic acids is 1. The van der Waals surface area contributed by atoms with Crippen LogP contribution in [0.15, 0.2) is 12.1 Å². The Labute approximate surface area is 121 Å². The van der Waals surface area contributed by atoms with Crippen LogP contribution in [0.3, 0.4) is 0 Å². The van der Waals surface area contributed by atoms with Crippen LogP contribution in [-0.2, 0) is 9.59 Å². The van der Waals surface area contributed by atoms with Crippen LogP contribution in [0.25, 0.3) is 0 Å². The summed E-state index contributed by atoms with van der Waals surface area (Å²) in [6.45, 7) is 0. The van der Waals surface area contributed by atoms with Gasteiger partial charge in [-0.05, 0) is 6.07 Å². The number of ether oxygens (including phenoxy) is 3. The average molecular weight is 295 g/mol. The predicted octanol–water partition coefficient (Wildman–Crippen LogP) is 0.769. The van der Waals surface area contributed by atoms with E-state index in [4.69, 9.17) is 14.2 Å². The van der Waals surface area contributed by atoms with E-state index in [1.807, 2.05) is 0 Å². The van der Waals surface area contributed by atoms with Crippen LogP contribution in [0.4, 0.5) is 0 Å². The fourth-order valence-electron chi connectivity index (χ4n) is 2.59. The predicted molar refractivity (Wildman–Crippen MR) is 73.0 cm³/mol. The molecule has 2 rings (SSSR count). The number of carboxylic acids is 1. The summed E-state index contributed by atoms with van der Waals surface area (Å²) >= 11 is 0. The molecule has 1 amide bonds. The van der Waals surface area contributed by atoms with Gasteiger partial charge in [-0.25, -0.2) is 4.79 Å². The first-order chi connectivity index (χ1) is 10.0. The van der Waals surface area contributed by atoms with Crippen molar-refractivity contribution in [2.24, 2.45) is 0 Å². The van der Waals surface area contributed by atoms with Crippen molar-refractivity contribution in [3.05, 3.63) is 17.7 Å². The van der Waals surface area contributed by atoms with E-state index in [0.717, 1.165) is 0 Å². The average Bonchev–Trinajstić information content (AvgIpc) is 2.87. The van der Waals surface area contributed by atoms with E-state index in [9.17, 15) is 14.7 Å². The standard InChI is InChI=1S/C14H17NO6/c1-19-9-5-4-7(12(20-2)13(9)21-3)8-6-10(16)15-11(8)14(17)18/h4-5,8,11H,6H2,1-3H3,(H,15,16)(H,17,18). The Balaban J connectivity index is 2.53. The van der Waals surface area contributed by atoms with Gasteiger partial charge in [0.2, 0.25) is 11.7 Å². The maximum Gasteiger partial charge on any atom is 0.326 e. The van der Waals surface area contributed by atoms with Gasteiger partial charge in [-0.1, -0.05) is 6.07 Å². The van der Waals surface area contributed by atoms with Crippen molar-refractivity contribution in [1.82, 2.24) is 5.32 Å². The maximum absolute atomic E-state index is 11.5. The second-order valence-electron chi connectivity index (χ2n) is 4.62. The summed E-state index contributed by atoms with van der Waals surface area (Å²) in [5.41, 5.74) is 0.598. The number of hydrogen-bond acceptors (Lipinski definition) is 5. The summed E-state index contributed by atoms with van der Waals surface area (Å²) in [4.78, 5) is 22.8. The lowest BCUT2D eigenvalue weighted by atomic mass is 9.90. The number of carbonyl (C=O) groups excluding carboxylic acids is 1. The minimum atomic E-state index is -1.08. The third-order valence-corrected chi connectivity index (χ3v) is 3.52. The van der Waals surface area contributed by atoms with Gasteiger partial charge in [0, 0.05) is 17.9 Å². The molecule has 0 spiro atoms. The summed E-state index contributed by atoms with van der Waals surface area (Å²) in [5.74, 6) is -0.676. The molecule has 1 aliphatic heterocycles. The molecule has 2 unspecified atom stereocenters. The molecule has 2 atom stereocenters. The summed E-state index contributed by atoms with van der Waals surface area (Å²) in [6, 6.07) is 2.38. The molecule has 1 aliphatic rings. The minimum absolute atomic E-state index is 0.0861. The first-order valence-corrected chi connectivity index (χ1v) is 6.34. The summed E-state index contributed by atoms with van der Waals surface area (Å²) in [6.07, 6.45) is 0.0861. The van der Waals surface area contributed by atoms with Gasteiger partial charge in [0.1, 0.15) is 6.04 Å². The van der Waals surface area contributed by atoms with Crippen molar-refractivity contribution < 1.29 is 28.9 Å². The van der Waals surface area contributed by atoms with Crippen LogP contribution >= 0.6 is 0 Å². The van der Waals surface area contributed by atoms with E-state index in [1.165, 1.54) is 21.3 Å². The van der Waals surface area contributed by atoms with E-state index in [0.29, 0.717) is 22.8 Å². The molecule has 7 nitrogen and oxygen atoms in total. The Morgan fingerprint density at radius 3 is 2.38 bits per heavy atom. The van der Waals surface area contributed by atoms with Gasteiger partial charge < -0.3 is 24.6 Å². The van der Waals surface area contributed by atoms with Crippen LogP contribution in [0.1, 0.15) is 17.9 Å². The molecule has 0 aromatic heterocycles. The Bertz CT molecular complexity index is 571. The first-order valence-electron chi connectivity index (χ1n) is 6.34. The normalized spacial score (nSPS) is 20.8. The monoisotopic (exact) mass is 295 g/mol. The van der Waals surface area contributed by atoms with Crippen LogP contribution in [0.2, 0.25) is 0 Å². The SMILES string of the molecule is COc1ccc(C2CC(=O)NC2C(=O)O)c(OC)c1OC. The molecule has 0 aliphatic carbocycles. The van der Waals surface area contributed by atoms with Crippen LogP contribution in [0.5, 0.6) is 17.2 Å². The Morgan fingerprint density at radius 2 is 1.86 bits per heavy atom. The highest BCUT2D eigenvalue weighted by Crippen LogP contribution is 2.45. The second kappa shape index (κ2) is 5.90. The fraction of sp³-hybridized carbons (Fsp3) is 0.429. The third-order valence-electron chi connectivity index (χ3n) is 3.52. The first kappa shape index (κ1) is 15.0. The molecule has 1 aromatic carbocycles. The van der Waals surface area contributed by atoms with Gasteiger partial charge in [-0.3, -0.25) is 4.79 Å². The zero-order valence-corrected chi connectivity index (χ0v) is 12.0. The van der Waals surface area contributed by atoms with Gasteiger partial charge in [0.05, 0.1) is 21.3 Å². The smallest absolute Gasteiger partial charge is 0.326 e. The minimum Gasteiger partial charge on any atom is -0.493 e. The number of carboxylic acid groups (broad SMARTS) is 1. The van der Waals surface area contributed by atoms with Crippen molar-refractivity contribution in [2.75, 3.05) is 21.3 Å². The molecule has 0 saturated carbocycles. The Kier molecular flexibility index (Phi) is 4.21. The highest BCUT2D eigenvalue weighted by Gasteiger charge is 2.40. The van der Waals surface area contributed by atoms with Crippen molar-refractivity contribution in [2.45, 2.75) is 18.4 Å². The molecular formula is C14H17NO6. The molecular weight excluding hydrogens is 278 g/mol. The van der Waals surface area contributed by atoms with Crippen molar-refractivity contribution in [1.29, 1.82) is 0 Å². The van der Waals surface area contributed by atoms with E-state index in [2.05, 4.69) is 5.32 Å². The van der Waals surface area contributed by atoms with Gasteiger partial charge in [0.15, 0.2) is 11.5 Å². The van der Waals surface area contributed by atoms with Gasteiger partial charge in [-0.15, -0.1) is 0 Å². The summed E-state index contributed by atoms with van der Waals surface area (Å²) in [5, 5.41) is 11.7. The molecule has 21 heavy (non-hydrogen) atoms. The molecule has 2 N–H and O–H groups in total. The van der Waals surface area contributed by atoms with Gasteiger partial charge >= 0.3 is 5.97 Å². The van der Waals surface area contributed by atoms with E-state index in [-0.39, 0.29) is 12.3 Å². The quantitative estimate of drug-likeness (QED) is 0.833. The zero-order chi connectivity index (χ0) is 15.6. The van der Waals surface area contributed by atoms with Crippen molar-refractivity contribution >= 4 is 11.9 Å². The van der Waals surface area contributed by atoms with Crippen LogP contribution in [-0.4, -0.2) is 44.4 Å². The molecule has 7 heteroatoms. The topological polar surface area (TPSA) is 94.1 Å². The number of nitrogens with one attached hydrogen (secondary N) is 1. The van der Waals surface area contributed by atoms with E-state index >= 15 is 0 Å². The molecule has 0 bridgehead atoms. The van der Waals surface area contributed by atoms with Crippen molar-refractivity contribution in [3.63, 3.8) is 0 Å². The number of rotatable bonds is 5. The molecule has 1 aromatic rings. The Morgan fingerprint density at radius 1 is 1.19 bits per heavy atom. The molecule has 114 valence electrons. The number of benzene rings is 1. The molecule has 1 saturated heterocycles. The lowest BCUT2D eigenvalue weighted by molar-refractivity contribution is -0.140. The molecule has 1 heterocycles. The highest BCUT2D eigenvalue weighted by molar-refractivity contribution is 5.89. The number of methoxy groups -OCH3 is 3. The summed E-state index contributed by atoms with van der Waals surface area (Å²) in [7, 11) is 4.43. The fourth-order valence-corrected chi connectivity index (χ4v) is 2.59. The van der Waals surface area contributed by atoms with Gasteiger partial charge in [0.25, 0.3) is 0 Å². The summed E-state index contributed by atoms with van der Waals surface area (Å²) < 4.78 is 15.8. The number of amides is 1.